The molecule has 1 atom stereocenters. The van der Waals surface area contributed by atoms with E-state index in [1.807, 2.05) is 0 Å². The van der Waals surface area contributed by atoms with Gasteiger partial charge in [0.05, 0.1) is 17.7 Å². The standard InChI is InChI=1S/C9H13NO3/c1-9(2,8(11)12)7(10)6-4-3-5-13-6/h3-5,7H,10H2,1-2H3,(H,11,12)/t7-/m0/s1. The summed E-state index contributed by atoms with van der Waals surface area (Å²) in [5.41, 5.74) is 4.73. The monoisotopic (exact) mass is 183 g/mol. The highest BCUT2D eigenvalue weighted by molar-refractivity contribution is 5.74. The quantitative estimate of drug-likeness (QED) is 0.742. The molecular weight excluding hydrogens is 170 g/mol. The lowest BCUT2D eigenvalue weighted by atomic mass is 9.84. The summed E-state index contributed by atoms with van der Waals surface area (Å²) in [6.07, 6.45) is 1.48. The second kappa shape index (κ2) is 3.22. The van der Waals surface area contributed by atoms with Gasteiger partial charge in [-0.25, -0.2) is 0 Å². The van der Waals surface area contributed by atoms with E-state index in [1.165, 1.54) is 6.26 Å². The maximum atomic E-state index is 10.8. The van der Waals surface area contributed by atoms with Crippen LogP contribution in [0.15, 0.2) is 22.8 Å². The van der Waals surface area contributed by atoms with Gasteiger partial charge in [-0.15, -0.1) is 0 Å². The first-order valence-corrected chi connectivity index (χ1v) is 3.98. The lowest BCUT2D eigenvalue weighted by molar-refractivity contribution is -0.148. The molecule has 0 fully saturated rings. The molecule has 0 spiro atoms. The van der Waals surface area contributed by atoms with Crippen molar-refractivity contribution in [3.05, 3.63) is 24.2 Å². The predicted molar refractivity (Wildman–Crippen MR) is 47.1 cm³/mol. The zero-order valence-corrected chi connectivity index (χ0v) is 7.65. The number of carboxylic acids is 1. The minimum absolute atomic E-state index is 0.493. The highest BCUT2D eigenvalue weighted by Crippen LogP contribution is 2.31. The highest BCUT2D eigenvalue weighted by atomic mass is 16.4. The molecule has 0 saturated heterocycles. The maximum Gasteiger partial charge on any atom is 0.311 e. The van der Waals surface area contributed by atoms with Crippen molar-refractivity contribution >= 4 is 5.97 Å². The van der Waals surface area contributed by atoms with Crippen molar-refractivity contribution in [2.45, 2.75) is 19.9 Å². The van der Waals surface area contributed by atoms with Crippen molar-refractivity contribution in [2.75, 3.05) is 0 Å². The van der Waals surface area contributed by atoms with Gasteiger partial charge in [0.15, 0.2) is 0 Å². The van der Waals surface area contributed by atoms with E-state index in [2.05, 4.69) is 0 Å². The van der Waals surface area contributed by atoms with E-state index in [4.69, 9.17) is 15.3 Å². The van der Waals surface area contributed by atoms with Crippen LogP contribution in [0.25, 0.3) is 0 Å². The van der Waals surface area contributed by atoms with Crippen LogP contribution >= 0.6 is 0 Å². The van der Waals surface area contributed by atoms with Crippen LogP contribution in [0.1, 0.15) is 25.6 Å². The minimum Gasteiger partial charge on any atom is -0.481 e. The smallest absolute Gasteiger partial charge is 0.311 e. The van der Waals surface area contributed by atoms with Gasteiger partial charge in [-0.2, -0.15) is 0 Å². The molecule has 4 nitrogen and oxygen atoms in total. The molecule has 1 heterocycles. The highest BCUT2D eigenvalue weighted by Gasteiger charge is 2.36. The number of carbonyl (C=O) groups is 1. The van der Waals surface area contributed by atoms with Crippen LogP contribution in [-0.4, -0.2) is 11.1 Å². The molecule has 4 heteroatoms. The Bertz CT molecular complexity index is 290. The summed E-state index contributed by atoms with van der Waals surface area (Å²) in [5.74, 6) is -0.441. The molecule has 1 aromatic rings. The molecule has 1 aromatic heterocycles. The number of hydrogen-bond acceptors (Lipinski definition) is 3. The average Bonchev–Trinajstić information content (AvgIpc) is 2.54. The molecular formula is C9H13NO3. The van der Waals surface area contributed by atoms with Crippen LogP contribution in [0.5, 0.6) is 0 Å². The van der Waals surface area contributed by atoms with Crippen molar-refractivity contribution in [1.82, 2.24) is 0 Å². The van der Waals surface area contributed by atoms with Crippen molar-refractivity contribution in [1.29, 1.82) is 0 Å². The van der Waals surface area contributed by atoms with Crippen LogP contribution in [0, 0.1) is 5.41 Å². The van der Waals surface area contributed by atoms with Gasteiger partial charge in [0.2, 0.25) is 0 Å². The third-order valence-corrected chi connectivity index (χ3v) is 2.18. The fourth-order valence-corrected chi connectivity index (χ4v) is 0.957. The van der Waals surface area contributed by atoms with Gasteiger partial charge in [0, 0.05) is 0 Å². The van der Waals surface area contributed by atoms with E-state index in [-0.39, 0.29) is 0 Å². The van der Waals surface area contributed by atoms with Gasteiger partial charge in [0.25, 0.3) is 0 Å². The van der Waals surface area contributed by atoms with Gasteiger partial charge < -0.3 is 15.3 Å². The fourth-order valence-electron chi connectivity index (χ4n) is 0.957. The molecule has 0 aliphatic heterocycles. The lowest BCUT2D eigenvalue weighted by Gasteiger charge is -2.24. The Morgan fingerprint density at radius 3 is 2.69 bits per heavy atom. The van der Waals surface area contributed by atoms with E-state index in [0.717, 1.165) is 0 Å². The Morgan fingerprint density at radius 1 is 1.69 bits per heavy atom. The molecule has 0 aliphatic rings. The molecule has 0 aromatic carbocycles. The summed E-state index contributed by atoms with van der Waals surface area (Å²) < 4.78 is 5.04. The summed E-state index contributed by atoms with van der Waals surface area (Å²) in [4.78, 5) is 10.8. The van der Waals surface area contributed by atoms with Crippen LogP contribution < -0.4 is 5.73 Å². The molecule has 72 valence electrons. The molecule has 1 rings (SSSR count). The Balaban J connectivity index is 2.90. The zero-order chi connectivity index (χ0) is 10.1. The summed E-state index contributed by atoms with van der Waals surface area (Å²) in [7, 11) is 0. The SMILES string of the molecule is CC(C)(C(=O)O)[C@@H](N)c1ccco1. The van der Waals surface area contributed by atoms with Crippen LogP contribution in [0.2, 0.25) is 0 Å². The number of carboxylic acid groups (broad SMARTS) is 1. The van der Waals surface area contributed by atoms with E-state index in [0.29, 0.717) is 5.76 Å². The van der Waals surface area contributed by atoms with Gasteiger partial charge in [-0.05, 0) is 26.0 Å². The van der Waals surface area contributed by atoms with Crippen molar-refractivity contribution in [2.24, 2.45) is 11.1 Å². The normalized spacial score (nSPS) is 14.1. The molecule has 0 amide bonds. The molecule has 0 radical (unpaired) electrons. The van der Waals surface area contributed by atoms with E-state index in [9.17, 15) is 4.79 Å². The Hall–Kier alpha value is -1.29. The summed E-state index contributed by atoms with van der Waals surface area (Å²) in [6.45, 7) is 3.14. The molecule has 0 unspecified atom stereocenters. The molecule has 3 N–H and O–H groups in total. The Morgan fingerprint density at radius 2 is 2.31 bits per heavy atom. The first-order chi connectivity index (χ1) is 5.96. The van der Waals surface area contributed by atoms with Crippen LogP contribution in [0.3, 0.4) is 0 Å². The van der Waals surface area contributed by atoms with E-state index >= 15 is 0 Å². The maximum absolute atomic E-state index is 10.8. The number of nitrogens with two attached hydrogens (primary N) is 1. The molecule has 13 heavy (non-hydrogen) atoms. The fraction of sp³-hybridized carbons (Fsp3) is 0.444. The van der Waals surface area contributed by atoms with Gasteiger partial charge >= 0.3 is 5.97 Å². The van der Waals surface area contributed by atoms with Crippen molar-refractivity contribution in [3.8, 4) is 0 Å². The van der Waals surface area contributed by atoms with E-state index in [1.54, 1.807) is 26.0 Å². The topological polar surface area (TPSA) is 76.5 Å². The second-order valence-corrected chi connectivity index (χ2v) is 3.52. The van der Waals surface area contributed by atoms with Crippen molar-refractivity contribution < 1.29 is 14.3 Å². The number of hydrogen-bond donors (Lipinski definition) is 2. The summed E-state index contributed by atoms with van der Waals surface area (Å²) in [6, 6.07) is 2.74. The van der Waals surface area contributed by atoms with Crippen LogP contribution in [0.4, 0.5) is 0 Å². The lowest BCUT2D eigenvalue weighted by Crippen LogP contribution is -2.36. The average molecular weight is 183 g/mol. The second-order valence-electron chi connectivity index (χ2n) is 3.52. The zero-order valence-electron chi connectivity index (χ0n) is 7.65. The third kappa shape index (κ3) is 1.72. The molecule has 0 aliphatic carbocycles. The largest absolute Gasteiger partial charge is 0.481 e. The van der Waals surface area contributed by atoms with E-state index < -0.39 is 17.4 Å². The molecule has 0 bridgehead atoms. The van der Waals surface area contributed by atoms with Crippen molar-refractivity contribution in [3.63, 3.8) is 0 Å². The number of aliphatic carboxylic acids is 1. The summed E-state index contributed by atoms with van der Waals surface area (Å²) in [5, 5.41) is 8.89. The Kier molecular flexibility index (Phi) is 2.43. The van der Waals surface area contributed by atoms with Gasteiger partial charge in [-0.1, -0.05) is 0 Å². The van der Waals surface area contributed by atoms with Crippen LogP contribution in [-0.2, 0) is 4.79 Å². The van der Waals surface area contributed by atoms with Gasteiger partial charge in [-0.3, -0.25) is 4.79 Å². The number of furan rings is 1. The minimum atomic E-state index is -1.02. The number of rotatable bonds is 3. The molecule has 0 saturated carbocycles. The first kappa shape index (κ1) is 9.80. The summed E-state index contributed by atoms with van der Waals surface area (Å²) >= 11 is 0. The first-order valence-electron chi connectivity index (χ1n) is 3.98. The predicted octanol–water partition coefficient (Wildman–Crippen LogP) is 1.39. The Labute approximate surface area is 76.3 Å². The third-order valence-electron chi connectivity index (χ3n) is 2.18. The van der Waals surface area contributed by atoms with Gasteiger partial charge in [0.1, 0.15) is 5.76 Å².